The number of rotatable bonds is 4. The highest BCUT2D eigenvalue weighted by Gasteiger charge is 2.20. The van der Waals surface area contributed by atoms with Crippen LogP contribution in [0, 0.1) is 3.57 Å². The minimum Gasteiger partial charge on any atom is -0.338 e. The molecular formula is C18H17IN2O2. The Balaban J connectivity index is 1.70. The molecule has 0 saturated carbocycles. The molecule has 1 N–H and O–H groups in total. The normalized spacial score (nSPS) is 14.1. The van der Waals surface area contributed by atoms with E-state index in [9.17, 15) is 9.59 Å². The first kappa shape index (κ1) is 16.0. The van der Waals surface area contributed by atoms with Gasteiger partial charge in [0.2, 0.25) is 5.91 Å². The largest absolute Gasteiger partial charge is 0.338 e. The van der Waals surface area contributed by atoms with Gasteiger partial charge in [-0.1, -0.05) is 18.2 Å². The molecule has 0 atom stereocenters. The van der Waals surface area contributed by atoms with Crippen LogP contribution in [0.3, 0.4) is 0 Å². The fourth-order valence-electron chi connectivity index (χ4n) is 2.67. The van der Waals surface area contributed by atoms with E-state index in [1.54, 1.807) is 6.07 Å². The predicted octanol–water partition coefficient (Wildman–Crippen LogP) is 3.67. The summed E-state index contributed by atoms with van der Waals surface area (Å²) in [5.74, 6) is 0.0798. The van der Waals surface area contributed by atoms with Crippen LogP contribution in [0.5, 0.6) is 0 Å². The Hall–Kier alpha value is -1.89. The van der Waals surface area contributed by atoms with Crippen molar-refractivity contribution in [2.45, 2.75) is 19.4 Å². The molecular weight excluding hydrogens is 403 g/mol. The number of nitrogens with one attached hydrogen (secondary N) is 1. The molecule has 0 aromatic heterocycles. The van der Waals surface area contributed by atoms with Crippen LogP contribution in [0.2, 0.25) is 0 Å². The third-order valence-corrected chi connectivity index (χ3v) is 4.49. The topological polar surface area (TPSA) is 49.4 Å². The Kier molecular flexibility index (Phi) is 4.95. The van der Waals surface area contributed by atoms with Crippen LogP contribution < -0.4 is 5.32 Å². The maximum Gasteiger partial charge on any atom is 0.255 e. The summed E-state index contributed by atoms with van der Waals surface area (Å²) in [7, 11) is 0. The van der Waals surface area contributed by atoms with Gasteiger partial charge in [0.25, 0.3) is 5.91 Å². The van der Waals surface area contributed by atoms with Gasteiger partial charge in [-0.05, 0) is 64.9 Å². The predicted molar refractivity (Wildman–Crippen MR) is 98.2 cm³/mol. The number of hydrogen-bond donors (Lipinski definition) is 1. The maximum absolute atomic E-state index is 12.3. The first-order chi connectivity index (χ1) is 11.1. The zero-order valence-electron chi connectivity index (χ0n) is 12.6. The standard InChI is InChI=1S/C18H17IN2O2/c19-15-6-2-5-14(11-15)18(23)20-16-7-1-4-13(10-16)12-21-9-3-8-17(21)22/h1-2,4-7,10-11H,3,8-9,12H2,(H,20,23). The molecule has 2 aromatic rings. The lowest BCUT2D eigenvalue weighted by Crippen LogP contribution is -2.23. The van der Waals surface area contributed by atoms with Gasteiger partial charge in [-0.15, -0.1) is 0 Å². The molecule has 23 heavy (non-hydrogen) atoms. The number of anilines is 1. The van der Waals surface area contributed by atoms with E-state index in [0.717, 1.165) is 27.8 Å². The second-order valence-corrected chi connectivity index (χ2v) is 6.83. The van der Waals surface area contributed by atoms with Crippen molar-refractivity contribution in [1.29, 1.82) is 0 Å². The van der Waals surface area contributed by atoms with Crippen LogP contribution in [0.4, 0.5) is 5.69 Å². The fraction of sp³-hybridized carbons (Fsp3) is 0.222. The lowest BCUT2D eigenvalue weighted by molar-refractivity contribution is -0.128. The molecule has 0 aliphatic carbocycles. The average molecular weight is 420 g/mol. The summed E-state index contributed by atoms with van der Waals surface area (Å²) in [4.78, 5) is 25.9. The van der Waals surface area contributed by atoms with E-state index in [1.165, 1.54) is 0 Å². The highest BCUT2D eigenvalue weighted by molar-refractivity contribution is 14.1. The van der Waals surface area contributed by atoms with Gasteiger partial charge in [0.05, 0.1) is 0 Å². The second kappa shape index (κ2) is 7.12. The van der Waals surface area contributed by atoms with Gasteiger partial charge in [-0.3, -0.25) is 9.59 Å². The maximum atomic E-state index is 12.3. The van der Waals surface area contributed by atoms with Crippen LogP contribution >= 0.6 is 22.6 Å². The van der Waals surface area contributed by atoms with E-state index in [2.05, 4.69) is 27.9 Å². The van der Waals surface area contributed by atoms with Gasteiger partial charge in [0.1, 0.15) is 0 Å². The van der Waals surface area contributed by atoms with Gasteiger partial charge in [0.15, 0.2) is 0 Å². The molecule has 5 heteroatoms. The highest BCUT2D eigenvalue weighted by Crippen LogP contribution is 2.18. The van der Waals surface area contributed by atoms with Gasteiger partial charge in [0, 0.05) is 34.3 Å². The summed E-state index contributed by atoms with van der Waals surface area (Å²) in [5, 5.41) is 2.92. The summed E-state index contributed by atoms with van der Waals surface area (Å²) < 4.78 is 1.02. The molecule has 0 bridgehead atoms. The van der Waals surface area contributed by atoms with Gasteiger partial charge in [-0.2, -0.15) is 0 Å². The molecule has 1 aliphatic heterocycles. The Morgan fingerprint density at radius 1 is 1.17 bits per heavy atom. The van der Waals surface area contributed by atoms with Crippen LogP contribution in [0.1, 0.15) is 28.8 Å². The smallest absolute Gasteiger partial charge is 0.255 e. The molecule has 2 aromatic carbocycles. The van der Waals surface area contributed by atoms with Gasteiger partial charge >= 0.3 is 0 Å². The SMILES string of the molecule is O=C(Nc1cccc(CN2CCCC2=O)c1)c1cccc(I)c1. The van der Waals surface area contributed by atoms with Crippen molar-refractivity contribution in [2.75, 3.05) is 11.9 Å². The number of likely N-dealkylation sites (tertiary alicyclic amines) is 1. The minimum atomic E-state index is -0.127. The Bertz CT molecular complexity index is 745. The van der Waals surface area contributed by atoms with Crippen molar-refractivity contribution >= 4 is 40.1 Å². The second-order valence-electron chi connectivity index (χ2n) is 5.58. The summed E-state index contributed by atoms with van der Waals surface area (Å²) in [6, 6.07) is 15.1. The van der Waals surface area contributed by atoms with Crippen molar-refractivity contribution in [2.24, 2.45) is 0 Å². The molecule has 3 rings (SSSR count). The monoisotopic (exact) mass is 420 g/mol. The summed E-state index contributed by atoms with van der Waals surface area (Å²) in [6.07, 6.45) is 1.57. The van der Waals surface area contributed by atoms with E-state index in [4.69, 9.17) is 0 Å². The number of nitrogens with zero attached hydrogens (tertiary/aromatic N) is 1. The molecule has 0 radical (unpaired) electrons. The van der Waals surface area contributed by atoms with Crippen LogP contribution in [-0.2, 0) is 11.3 Å². The van der Waals surface area contributed by atoms with Gasteiger partial charge < -0.3 is 10.2 Å². The molecule has 2 amide bonds. The molecule has 4 nitrogen and oxygen atoms in total. The Morgan fingerprint density at radius 3 is 2.74 bits per heavy atom. The first-order valence-electron chi connectivity index (χ1n) is 7.55. The Morgan fingerprint density at radius 2 is 2.00 bits per heavy atom. The zero-order valence-corrected chi connectivity index (χ0v) is 14.7. The summed E-state index contributed by atoms with van der Waals surface area (Å²) in [6.45, 7) is 1.42. The molecule has 1 saturated heterocycles. The lowest BCUT2D eigenvalue weighted by Gasteiger charge is -2.16. The van der Waals surface area contributed by atoms with E-state index < -0.39 is 0 Å². The third-order valence-electron chi connectivity index (χ3n) is 3.82. The van der Waals surface area contributed by atoms with Crippen LogP contribution in [-0.4, -0.2) is 23.3 Å². The number of halogens is 1. The van der Waals surface area contributed by atoms with Crippen LogP contribution in [0.25, 0.3) is 0 Å². The third kappa shape index (κ3) is 4.10. The molecule has 0 spiro atoms. The molecule has 1 heterocycles. The highest BCUT2D eigenvalue weighted by atomic mass is 127. The van der Waals surface area contributed by atoms with Crippen molar-refractivity contribution < 1.29 is 9.59 Å². The van der Waals surface area contributed by atoms with E-state index in [-0.39, 0.29) is 11.8 Å². The quantitative estimate of drug-likeness (QED) is 0.768. The Labute approximate surface area is 149 Å². The van der Waals surface area contributed by atoms with Crippen molar-refractivity contribution in [3.63, 3.8) is 0 Å². The fourth-order valence-corrected chi connectivity index (χ4v) is 3.22. The number of carbonyl (C=O) groups is 2. The summed E-state index contributed by atoms with van der Waals surface area (Å²) >= 11 is 2.19. The number of amides is 2. The van der Waals surface area contributed by atoms with E-state index >= 15 is 0 Å². The van der Waals surface area contributed by atoms with Crippen molar-refractivity contribution in [3.05, 3.63) is 63.2 Å². The van der Waals surface area contributed by atoms with E-state index in [0.29, 0.717) is 18.5 Å². The number of hydrogen-bond acceptors (Lipinski definition) is 2. The summed E-state index contributed by atoms with van der Waals surface area (Å²) in [5.41, 5.74) is 2.41. The van der Waals surface area contributed by atoms with Crippen molar-refractivity contribution in [3.8, 4) is 0 Å². The molecule has 1 fully saturated rings. The number of benzene rings is 2. The zero-order chi connectivity index (χ0) is 16.2. The minimum absolute atomic E-state index is 0.127. The number of carbonyl (C=O) groups excluding carboxylic acids is 2. The molecule has 0 unspecified atom stereocenters. The average Bonchev–Trinajstić information content (AvgIpc) is 2.93. The molecule has 1 aliphatic rings. The lowest BCUT2D eigenvalue weighted by atomic mass is 10.1. The first-order valence-corrected chi connectivity index (χ1v) is 8.63. The van der Waals surface area contributed by atoms with Gasteiger partial charge in [-0.25, -0.2) is 0 Å². The molecule has 118 valence electrons. The van der Waals surface area contributed by atoms with Crippen molar-refractivity contribution in [1.82, 2.24) is 4.90 Å². The van der Waals surface area contributed by atoms with Crippen LogP contribution in [0.15, 0.2) is 48.5 Å². The van der Waals surface area contributed by atoms with E-state index in [1.807, 2.05) is 47.4 Å².